The third-order valence-electron chi connectivity index (χ3n) is 5.96. The van der Waals surface area contributed by atoms with Gasteiger partial charge < -0.3 is 14.6 Å². The predicted molar refractivity (Wildman–Crippen MR) is 132 cm³/mol. The number of rotatable bonds is 24. The number of esters is 2. The van der Waals surface area contributed by atoms with Gasteiger partial charge in [0, 0.05) is 13.3 Å². The fourth-order valence-corrected chi connectivity index (χ4v) is 3.93. The largest absolute Gasteiger partial charge is 0.462 e. The van der Waals surface area contributed by atoms with Crippen molar-refractivity contribution in [2.75, 3.05) is 13.2 Å². The normalized spacial score (nSPS) is 12.0. The molecule has 0 aromatic carbocycles. The van der Waals surface area contributed by atoms with Gasteiger partial charge in [-0.15, -0.1) is 0 Å². The van der Waals surface area contributed by atoms with Gasteiger partial charge in [0.15, 0.2) is 6.10 Å². The standard InChI is InChI=1S/C27H52O5/c1-3-4-5-6-7-8-9-10-11-12-13-14-15-16-17-18-19-20-21-22-27(30)32-26(23-28)24-31-25(2)29/h26,28H,3-24H2,1-2H3. The molecule has 1 unspecified atom stereocenters. The predicted octanol–water partition coefficient (Wildman–Crippen LogP) is 7.28. The quantitative estimate of drug-likeness (QED) is 0.122. The first-order chi connectivity index (χ1) is 15.6. The van der Waals surface area contributed by atoms with Crippen LogP contribution in [0.1, 0.15) is 142 Å². The molecule has 1 N–H and O–H groups in total. The van der Waals surface area contributed by atoms with E-state index in [4.69, 9.17) is 14.6 Å². The van der Waals surface area contributed by atoms with E-state index in [0.29, 0.717) is 6.42 Å². The van der Waals surface area contributed by atoms with E-state index in [1.54, 1.807) is 0 Å². The van der Waals surface area contributed by atoms with Crippen molar-refractivity contribution in [1.29, 1.82) is 0 Å². The lowest BCUT2D eigenvalue weighted by Crippen LogP contribution is -2.28. The lowest BCUT2D eigenvalue weighted by molar-refractivity contribution is -0.160. The maximum atomic E-state index is 11.8. The second-order valence-corrected chi connectivity index (χ2v) is 9.21. The van der Waals surface area contributed by atoms with Crippen molar-refractivity contribution in [1.82, 2.24) is 0 Å². The zero-order valence-electron chi connectivity index (χ0n) is 21.2. The van der Waals surface area contributed by atoms with Crippen LogP contribution >= 0.6 is 0 Å². The van der Waals surface area contributed by atoms with Crippen LogP contribution in [0.25, 0.3) is 0 Å². The molecular formula is C27H52O5. The molecule has 5 nitrogen and oxygen atoms in total. The van der Waals surface area contributed by atoms with Crippen LogP contribution in [0.15, 0.2) is 0 Å². The third kappa shape index (κ3) is 23.6. The summed E-state index contributed by atoms with van der Waals surface area (Å²) in [6.45, 7) is 3.14. The van der Waals surface area contributed by atoms with Gasteiger partial charge in [-0.05, 0) is 6.42 Å². The Labute approximate surface area is 198 Å². The molecule has 0 fully saturated rings. The second-order valence-electron chi connectivity index (χ2n) is 9.21. The molecule has 0 heterocycles. The first-order valence-corrected chi connectivity index (χ1v) is 13.5. The fourth-order valence-electron chi connectivity index (χ4n) is 3.93. The Morgan fingerprint density at radius 2 is 1.03 bits per heavy atom. The Balaban J connectivity index is 3.27. The maximum absolute atomic E-state index is 11.8. The molecule has 0 aliphatic rings. The Morgan fingerprint density at radius 1 is 0.656 bits per heavy atom. The van der Waals surface area contributed by atoms with Gasteiger partial charge in [0.05, 0.1) is 6.61 Å². The summed E-state index contributed by atoms with van der Waals surface area (Å²) in [6, 6.07) is 0. The van der Waals surface area contributed by atoms with Gasteiger partial charge >= 0.3 is 11.9 Å². The van der Waals surface area contributed by atoms with Crippen LogP contribution in [0.3, 0.4) is 0 Å². The molecule has 0 saturated carbocycles. The fraction of sp³-hybridized carbons (Fsp3) is 0.926. The summed E-state index contributed by atoms with van der Waals surface area (Å²) >= 11 is 0. The lowest BCUT2D eigenvalue weighted by Gasteiger charge is -2.15. The van der Waals surface area contributed by atoms with Gasteiger partial charge in [-0.3, -0.25) is 9.59 Å². The molecule has 5 heteroatoms. The number of carbonyl (C=O) groups excluding carboxylic acids is 2. The van der Waals surface area contributed by atoms with E-state index in [1.165, 1.54) is 110 Å². The average molecular weight is 457 g/mol. The SMILES string of the molecule is CCCCCCCCCCCCCCCCCCCCCC(=O)OC(CO)COC(C)=O. The number of hydrogen-bond acceptors (Lipinski definition) is 5. The molecule has 0 radical (unpaired) electrons. The van der Waals surface area contributed by atoms with Gasteiger partial charge in [-0.25, -0.2) is 0 Å². The van der Waals surface area contributed by atoms with E-state index in [2.05, 4.69) is 6.92 Å². The highest BCUT2D eigenvalue weighted by Gasteiger charge is 2.14. The van der Waals surface area contributed by atoms with Crippen molar-refractivity contribution in [3.8, 4) is 0 Å². The van der Waals surface area contributed by atoms with E-state index >= 15 is 0 Å². The molecule has 0 aromatic heterocycles. The highest BCUT2D eigenvalue weighted by atomic mass is 16.6. The number of hydrogen-bond donors (Lipinski definition) is 1. The van der Waals surface area contributed by atoms with Gasteiger partial charge in [0.25, 0.3) is 0 Å². The average Bonchev–Trinajstić information content (AvgIpc) is 2.78. The van der Waals surface area contributed by atoms with Crippen molar-refractivity contribution in [2.45, 2.75) is 148 Å². The van der Waals surface area contributed by atoms with Crippen molar-refractivity contribution in [3.63, 3.8) is 0 Å². The van der Waals surface area contributed by atoms with Crippen molar-refractivity contribution in [2.24, 2.45) is 0 Å². The summed E-state index contributed by atoms with van der Waals surface area (Å²) in [7, 11) is 0. The number of unbranched alkanes of at least 4 members (excludes halogenated alkanes) is 18. The maximum Gasteiger partial charge on any atom is 0.306 e. The van der Waals surface area contributed by atoms with Crippen LogP contribution in [0, 0.1) is 0 Å². The summed E-state index contributed by atoms with van der Waals surface area (Å²) in [6.07, 6.45) is 24.7. The molecule has 190 valence electrons. The van der Waals surface area contributed by atoms with Crippen molar-refractivity contribution in [3.05, 3.63) is 0 Å². The minimum atomic E-state index is -0.758. The molecule has 0 amide bonds. The highest BCUT2D eigenvalue weighted by molar-refractivity contribution is 5.69. The van der Waals surface area contributed by atoms with E-state index in [0.717, 1.165) is 19.3 Å². The molecule has 1 atom stereocenters. The van der Waals surface area contributed by atoms with Gasteiger partial charge in [0.2, 0.25) is 0 Å². The number of aliphatic hydroxyl groups is 1. The van der Waals surface area contributed by atoms with Crippen LogP contribution in [-0.4, -0.2) is 36.4 Å². The summed E-state index contributed by atoms with van der Waals surface area (Å²) in [5.41, 5.74) is 0. The molecule has 0 saturated heterocycles. The topological polar surface area (TPSA) is 72.8 Å². The second kappa shape index (κ2) is 24.5. The molecular weight excluding hydrogens is 404 g/mol. The molecule has 0 aliphatic heterocycles. The van der Waals surface area contributed by atoms with Gasteiger partial charge in [-0.2, -0.15) is 0 Å². The Bertz CT molecular complexity index is 424. The Kier molecular flexibility index (Phi) is 23.7. The summed E-state index contributed by atoms with van der Waals surface area (Å²) in [4.78, 5) is 22.5. The monoisotopic (exact) mass is 456 g/mol. The zero-order chi connectivity index (χ0) is 23.7. The number of ether oxygens (including phenoxy) is 2. The van der Waals surface area contributed by atoms with Gasteiger partial charge in [0.1, 0.15) is 6.61 Å². The molecule has 0 spiro atoms. The minimum absolute atomic E-state index is 0.0865. The van der Waals surface area contributed by atoms with Gasteiger partial charge in [-0.1, -0.05) is 122 Å². The zero-order valence-corrected chi connectivity index (χ0v) is 21.2. The first kappa shape index (κ1) is 30.9. The molecule has 32 heavy (non-hydrogen) atoms. The molecule has 0 rings (SSSR count). The van der Waals surface area contributed by atoms with E-state index in [1.807, 2.05) is 0 Å². The smallest absolute Gasteiger partial charge is 0.306 e. The number of carbonyl (C=O) groups is 2. The van der Waals surface area contributed by atoms with Crippen LogP contribution in [0.4, 0.5) is 0 Å². The summed E-state index contributed by atoms with van der Waals surface area (Å²) in [5.74, 6) is -0.776. The molecule has 0 aliphatic carbocycles. The van der Waals surface area contributed by atoms with E-state index in [-0.39, 0.29) is 19.2 Å². The minimum Gasteiger partial charge on any atom is -0.462 e. The van der Waals surface area contributed by atoms with Crippen LogP contribution in [-0.2, 0) is 19.1 Å². The third-order valence-corrected chi connectivity index (χ3v) is 5.96. The first-order valence-electron chi connectivity index (χ1n) is 13.5. The summed E-state index contributed by atoms with van der Waals surface area (Å²) in [5, 5.41) is 9.15. The van der Waals surface area contributed by atoms with E-state index < -0.39 is 12.1 Å². The molecule has 0 bridgehead atoms. The van der Waals surface area contributed by atoms with Crippen LogP contribution in [0.2, 0.25) is 0 Å². The summed E-state index contributed by atoms with van der Waals surface area (Å²) < 4.78 is 9.89. The van der Waals surface area contributed by atoms with Crippen molar-refractivity contribution < 1.29 is 24.2 Å². The van der Waals surface area contributed by atoms with Crippen LogP contribution in [0.5, 0.6) is 0 Å². The Morgan fingerprint density at radius 3 is 1.38 bits per heavy atom. The van der Waals surface area contributed by atoms with E-state index in [9.17, 15) is 9.59 Å². The van der Waals surface area contributed by atoms with Crippen LogP contribution < -0.4 is 0 Å². The molecule has 0 aromatic rings. The van der Waals surface area contributed by atoms with Crippen molar-refractivity contribution >= 4 is 11.9 Å². The highest BCUT2D eigenvalue weighted by Crippen LogP contribution is 2.15. The Hall–Kier alpha value is -1.10. The lowest BCUT2D eigenvalue weighted by atomic mass is 10.0. The number of aliphatic hydroxyl groups excluding tert-OH is 1.